The summed E-state index contributed by atoms with van der Waals surface area (Å²) < 4.78 is 0. The van der Waals surface area contributed by atoms with E-state index >= 15 is 0 Å². The van der Waals surface area contributed by atoms with Gasteiger partial charge in [-0.25, -0.2) is 4.98 Å². The summed E-state index contributed by atoms with van der Waals surface area (Å²) in [6.45, 7) is 5.53. The molecule has 0 saturated carbocycles. The van der Waals surface area contributed by atoms with E-state index in [1.807, 2.05) is 19.1 Å². The van der Waals surface area contributed by atoms with Crippen LogP contribution in [0.2, 0.25) is 0 Å². The number of aryl methyl sites for hydroxylation is 1. The molecule has 0 saturated heterocycles. The summed E-state index contributed by atoms with van der Waals surface area (Å²) >= 11 is 0. The Bertz CT molecular complexity index is 514. The summed E-state index contributed by atoms with van der Waals surface area (Å²) in [7, 11) is 0. The fourth-order valence-electron chi connectivity index (χ4n) is 1.35. The fourth-order valence-corrected chi connectivity index (χ4v) is 1.35. The maximum Gasteiger partial charge on any atom is 0.258 e. The number of nitrogens with zero attached hydrogens (tertiary/aromatic N) is 1. The molecule has 65 valence electrons. The molecule has 3 nitrogen and oxygen atoms in total. The van der Waals surface area contributed by atoms with Gasteiger partial charge in [0, 0.05) is 6.92 Å². The topological polar surface area (TPSA) is 45.8 Å². The Balaban J connectivity index is 3.03. The SMILES string of the molecule is [CH2]c1nc2c(C)cccc2c(=O)[nH]1. The van der Waals surface area contributed by atoms with Crippen LogP contribution in [0.15, 0.2) is 23.0 Å². The number of benzene rings is 1. The van der Waals surface area contributed by atoms with Crippen molar-refractivity contribution in [1.29, 1.82) is 0 Å². The lowest BCUT2D eigenvalue weighted by atomic mass is 10.1. The van der Waals surface area contributed by atoms with Crippen molar-refractivity contribution in [3.8, 4) is 0 Å². The maximum absolute atomic E-state index is 11.4. The van der Waals surface area contributed by atoms with Crippen LogP contribution >= 0.6 is 0 Å². The van der Waals surface area contributed by atoms with Gasteiger partial charge in [0.05, 0.1) is 10.9 Å². The minimum absolute atomic E-state index is 0.126. The first-order chi connectivity index (χ1) is 6.18. The molecule has 13 heavy (non-hydrogen) atoms. The first-order valence-electron chi connectivity index (χ1n) is 4.00. The van der Waals surface area contributed by atoms with Crippen LogP contribution in [0.4, 0.5) is 0 Å². The van der Waals surface area contributed by atoms with E-state index in [4.69, 9.17) is 0 Å². The van der Waals surface area contributed by atoms with Crippen molar-refractivity contribution in [2.75, 3.05) is 0 Å². The summed E-state index contributed by atoms with van der Waals surface area (Å²) in [5.41, 5.74) is 1.60. The Morgan fingerprint density at radius 1 is 1.46 bits per heavy atom. The molecule has 0 spiro atoms. The normalized spacial score (nSPS) is 10.6. The van der Waals surface area contributed by atoms with Gasteiger partial charge < -0.3 is 4.98 Å². The number of aromatic amines is 1. The Kier molecular flexibility index (Phi) is 1.65. The average molecular weight is 173 g/mol. The smallest absolute Gasteiger partial charge is 0.258 e. The van der Waals surface area contributed by atoms with Crippen LogP contribution in [-0.4, -0.2) is 9.97 Å². The lowest BCUT2D eigenvalue weighted by molar-refractivity contribution is 1.11. The lowest BCUT2D eigenvalue weighted by Crippen LogP contribution is -2.09. The summed E-state index contributed by atoms with van der Waals surface area (Å²) in [6.07, 6.45) is 0. The highest BCUT2D eigenvalue weighted by atomic mass is 16.1. The number of rotatable bonds is 0. The summed E-state index contributed by atoms with van der Waals surface area (Å²) in [5, 5.41) is 0.618. The molecule has 0 aliphatic heterocycles. The van der Waals surface area contributed by atoms with Crippen molar-refractivity contribution in [1.82, 2.24) is 9.97 Å². The number of hydrogen-bond donors (Lipinski definition) is 1. The molecule has 0 aliphatic rings. The highest BCUT2D eigenvalue weighted by Crippen LogP contribution is 2.11. The van der Waals surface area contributed by atoms with Gasteiger partial charge in [0.25, 0.3) is 5.56 Å². The van der Waals surface area contributed by atoms with Gasteiger partial charge in [0.2, 0.25) is 0 Å². The molecule has 2 rings (SSSR count). The predicted octanol–water partition coefficient (Wildman–Crippen LogP) is 1.41. The molecule has 0 amide bonds. The molecule has 0 bridgehead atoms. The molecule has 0 atom stereocenters. The van der Waals surface area contributed by atoms with E-state index in [0.29, 0.717) is 11.2 Å². The van der Waals surface area contributed by atoms with Crippen LogP contribution in [0.25, 0.3) is 10.9 Å². The summed E-state index contributed by atoms with van der Waals surface area (Å²) in [5.74, 6) is 0.409. The fraction of sp³-hybridized carbons (Fsp3) is 0.100. The number of para-hydroxylation sites is 1. The molecule has 0 aliphatic carbocycles. The third kappa shape index (κ3) is 1.22. The van der Waals surface area contributed by atoms with Crippen molar-refractivity contribution in [2.45, 2.75) is 6.92 Å². The predicted molar refractivity (Wildman–Crippen MR) is 51.6 cm³/mol. The molecule has 1 aromatic heterocycles. The molecule has 3 heteroatoms. The second kappa shape index (κ2) is 2.69. The van der Waals surface area contributed by atoms with E-state index in [-0.39, 0.29) is 5.56 Å². The summed E-state index contributed by atoms with van der Waals surface area (Å²) in [6, 6.07) is 5.53. The van der Waals surface area contributed by atoms with Crippen molar-refractivity contribution in [3.05, 3.63) is 46.9 Å². The third-order valence-corrected chi connectivity index (χ3v) is 1.99. The van der Waals surface area contributed by atoms with Gasteiger partial charge in [0.15, 0.2) is 0 Å². The molecule has 2 aromatic rings. The molecule has 1 aromatic carbocycles. The zero-order chi connectivity index (χ0) is 9.42. The monoisotopic (exact) mass is 173 g/mol. The molecule has 1 radical (unpaired) electrons. The Morgan fingerprint density at radius 2 is 2.23 bits per heavy atom. The van der Waals surface area contributed by atoms with Crippen LogP contribution < -0.4 is 5.56 Å². The Morgan fingerprint density at radius 3 is 3.00 bits per heavy atom. The van der Waals surface area contributed by atoms with Crippen LogP contribution in [0, 0.1) is 13.8 Å². The second-order valence-electron chi connectivity index (χ2n) is 2.98. The second-order valence-corrected chi connectivity index (χ2v) is 2.98. The first kappa shape index (κ1) is 7.98. The standard InChI is InChI=1S/C10H9N2O/c1-6-4-3-5-8-9(6)11-7(2)12-10(8)13/h3-5H,2H2,1H3,(H,11,12,13). The van der Waals surface area contributed by atoms with Gasteiger partial charge >= 0.3 is 0 Å². The van der Waals surface area contributed by atoms with Gasteiger partial charge in [-0.3, -0.25) is 4.79 Å². The van der Waals surface area contributed by atoms with Gasteiger partial charge in [-0.2, -0.15) is 0 Å². The number of fused-ring (bicyclic) bond motifs is 1. The molecular weight excluding hydrogens is 164 g/mol. The van der Waals surface area contributed by atoms with E-state index in [9.17, 15) is 4.79 Å². The first-order valence-corrected chi connectivity index (χ1v) is 4.00. The third-order valence-electron chi connectivity index (χ3n) is 1.99. The van der Waals surface area contributed by atoms with E-state index in [2.05, 4.69) is 16.9 Å². The molecular formula is C10H9N2O. The maximum atomic E-state index is 11.4. The van der Waals surface area contributed by atoms with E-state index in [1.165, 1.54) is 0 Å². The van der Waals surface area contributed by atoms with Crippen LogP contribution in [0.1, 0.15) is 11.4 Å². The number of hydrogen-bond acceptors (Lipinski definition) is 2. The van der Waals surface area contributed by atoms with Crippen molar-refractivity contribution >= 4 is 10.9 Å². The van der Waals surface area contributed by atoms with E-state index in [1.54, 1.807) is 6.07 Å². The Labute approximate surface area is 75.4 Å². The number of nitrogens with one attached hydrogen (secondary N) is 1. The van der Waals surface area contributed by atoms with Gasteiger partial charge in [-0.15, -0.1) is 0 Å². The van der Waals surface area contributed by atoms with Crippen molar-refractivity contribution in [3.63, 3.8) is 0 Å². The average Bonchev–Trinajstić information content (AvgIpc) is 2.07. The van der Waals surface area contributed by atoms with Gasteiger partial charge in [-0.05, 0) is 18.6 Å². The van der Waals surface area contributed by atoms with Crippen molar-refractivity contribution in [2.24, 2.45) is 0 Å². The largest absolute Gasteiger partial charge is 0.310 e. The zero-order valence-corrected chi connectivity index (χ0v) is 7.29. The zero-order valence-electron chi connectivity index (χ0n) is 7.29. The number of H-pyrrole nitrogens is 1. The molecule has 0 fully saturated rings. The lowest BCUT2D eigenvalue weighted by Gasteiger charge is -2.00. The van der Waals surface area contributed by atoms with Crippen LogP contribution in [0.5, 0.6) is 0 Å². The van der Waals surface area contributed by atoms with Crippen LogP contribution in [0.3, 0.4) is 0 Å². The quantitative estimate of drug-likeness (QED) is 0.654. The Hall–Kier alpha value is -1.64. The van der Waals surface area contributed by atoms with Crippen molar-refractivity contribution < 1.29 is 0 Å². The minimum Gasteiger partial charge on any atom is -0.310 e. The minimum atomic E-state index is -0.126. The summed E-state index contributed by atoms with van der Waals surface area (Å²) in [4.78, 5) is 18.1. The van der Waals surface area contributed by atoms with Gasteiger partial charge in [0.1, 0.15) is 5.82 Å². The highest BCUT2D eigenvalue weighted by Gasteiger charge is 2.02. The van der Waals surface area contributed by atoms with Gasteiger partial charge in [-0.1, -0.05) is 12.1 Å². The van der Waals surface area contributed by atoms with Crippen LogP contribution in [-0.2, 0) is 0 Å². The van der Waals surface area contributed by atoms with E-state index < -0.39 is 0 Å². The highest BCUT2D eigenvalue weighted by molar-refractivity contribution is 5.80. The van der Waals surface area contributed by atoms with E-state index in [0.717, 1.165) is 11.1 Å². The molecule has 0 unspecified atom stereocenters. The molecule has 1 N–H and O–H groups in total. The molecule has 1 heterocycles. The number of aromatic nitrogens is 2.